The topological polar surface area (TPSA) is 46.2 Å². The van der Waals surface area contributed by atoms with Gasteiger partial charge in [0.25, 0.3) is 0 Å². The molecule has 0 bridgehead atoms. The fourth-order valence-corrected chi connectivity index (χ4v) is 3.44. The molecule has 3 nitrogen and oxygen atoms in total. The number of halogens is 1. The fourth-order valence-electron chi connectivity index (χ4n) is 1.54. The molecule has 0 aromatic heterocycles. The number of sulfonamides is 1. The zero-order valence-corrected chi connectivity index (χ0v) is 12.3. The van der Waals surface area contributed by atoms with Crippen molar-refractivity contribution in [1.82, 2.24) is 4.72 Å². The van der Waals surface area contributed by atoms with Crippen LogP contribution in [0.4, 0.5) is 0 Å². The average molecular weight is 290 g/mol. The van der Waals surface area contributed by atoms with Gasteiger partial charge in [0.05, 0.1) is 11.8 Å². The molecule has 0 saturated heterocycles. The van der Waals surface area contributed by atoms with E-state index in [4.69, 9.17) is 11.6 Å². The van der Waals surface area contributed by atoms with Crippen LogP contribution in [0.2, 0.25) is 0 Å². The van der Waals surface area contributed by atoms with Crippen LogP contribution in [-0.2, 0) is 10.0 Å². The molecule has 1 rings (SSSR count). The molecule has 0 saturated carbocycles. The molecule has 0 fully saturated rings. The largest absolute Gasteiger partial charge is 0.212 e. The zero-order valence-electron chi connectivity index (χ0n) is 10.8. The van der Waals surface area contributed by atoms with E-state index in [2.05, 4.69) is 4.72 Å². The van der Waals surface area contributed by atoms with E-state index >= 15 is 0 Å². The third-order valence-electron chi connectivity index (χ3n) is 2.64. The maximum Gasteiger partial charge on any atom is 0.212 e. The SMILES string of the molecule is CC(C)CCS(=O)(=O)NC(CCl)c1ccccc1. The van der Waals surface area contributed by atoms with E-state index < -0.39 is 10.0 Å². The van der Waals surface area contributed by atoms with Crippen molar-refractivity contribution >= 4 is 21.6 Å². The molecule has 1 atom stereocenters. The molecule has 1 N–H and O–H groups in total. The normalized spacial score (nSPS) is 13.8. The Kier molecular flexibility index (Phi) is 6.12. The molecule has 0 spiro atoms. The smallest absolute Gasteiger partial charge is 0.212 e. The van der Waals surface area contributed by atoms with Crippen molar-refractivity contribution < 1.29 is 8.42 Å². The van der Waals surface area contributed by atoms with E-state index in [1.807, 2.05) is 44.2 Å². The fraction of sp³-hybridized carbons (Fsp3) is 0.538. The monoisotopic (exact) mass is 289 g/mol. The number of hydrogen-bond donors (Lipinski definition) is 1. The summed E-state index contributed by atoms with van der Waals surface area (Å²) in [6.07, 6.45) is 0.652. The molecule has 0 aliphatic rings. The number of benzene rings is 1. The standard InChI is InChI=1S/C13H20ClNO2S/c1-11(2)8-9-18(16,17)15-13(10-14)12-6-4-3-5-7-12/h3-7,11,13,15H,8-10H2,1-2H3. The Bertz CT molecular complexity index is 445. The molecular weight excluding hydrogens is 270 g/mol. The second-order valence-corrected chi connectivity index (χ2v) is 6.92. The van der Waals surface area contributed by atoms with Crippen LogP contribution >= 0.6 is 11.6 Å². The summed E-state index contributed by atoms with van der Waals surface area (Å²) in [7, 11) is -3.27. The summed E-state index contributed by atoms with van der Waals surface area (Å²) < 4.78 is 26.5. The van der Waals surface area contributed by atoms with Gasteiger partial charge in [0, 0.05) is 5.88 Å². The first-order valence-electron chi connectivity index (χ1n) is 6.05. The molecule has 18 heavy (non-hydrogen) atoms. The molecule has 0 aliphatic heterocycles. The first-order chi connectivity index (χ1) is 8.44. The number of nitrogens with one attached hydrogen (secondary N) is 1. The lowest BCUT2D eigenvalue weighted by atomic mass is 10.1. The Labute approximate surface area is 115 Å². The highest BCUT2D eigenvalue weighted by atomic mass is 35.5. The third kappa shape index (κ3) is 5.38. The Morgan fingerprint density at radius 1 is 1.22 bits per heavy atom. The maximum atomic E-state index is 11.9. The van der Waals surface area contributed by atoms with Crippen LogP contribution in [0.5, 0.6) is 0 Å². The van der Waals surface area contributed by atoms with Crippen LogP contribution in [0.25, 0.3) is 0 Å². The third-order valence-corrected chi connectivity index (χ3v) is 4.37. The minimum atomic E-state index is -3.27. The van der Waals surface area contributed by atoms with E-state index in [1.54, 1.807) is 0 Å². The summed E-state index contributed by atoms with van der Waals surface area (Å²) in [6.45, 7) is 4.01. The van der Waals surface area contributed by atoms with E-state index in [9.17, 15) is 8.42 Å². The highest BCUT2D eigenvalue weighted by molar-refractivity contribution is 7.89. The van der Waals surface area contributed by atoms with Crippen molar-refractivity contribution in [2.45, 2.75) is 26.3 Å². The highest BCUT2D eigenvalue weighted by Crippen LogP contribution is 2.16. The van der Waals surface area contributed by atoms with Gasteiger partial charge in [-0.3, -0.25) is 0 Å². The van der Waals surface area contributed by atoms with E-state index in [0.29, 0.717) is 12.3 Å². The Hall–Kier alpha value is -0.580. The number of rotatable bonds is 7. The van der Waals surface area contributed by atoms with Crippen molar-refractivity contribution in [1.29, 1.82) is 0 Å². The summed E-state index contributed by atoms with van der Waals surface area (Å²) in [6, 6.07) is 9.03. The lowest BCUT2D eigenvalue weighted by molar-refractivity contribution is 0.551. The number of hydrogen-bond acceptors (Lipinski definition) is 2. The van der Waals surface area contributed by atoms with Crippen LogP contribution in [0.3, 0.4) is 0 Å². The van der Waals surface area contributed by atoms with Gasteiger partial charge in [-0.25, -0.2) is 13.1 Å². The van der Waals surface area contributed by atoms with Crippen molar-refractivity contribution in [3.63, 3.8) is 0 Å². The molecule has 0 aliphatic carbocycles. The summed E-state index contributed by atoms with van der Waals surface area (Å²) >= 11 is 5.84. The van der Waals surface area contributed by atoms with Crippen LogP contribution in [-0.4, -0.2) is 20.1 Å². The molecule has 0 amide bonds. The van der Waals surface area contributed by atoms with E-state index in [0.717, 1.165) is 5.56 Å². The Morgan fingerprint density at radius 2 is 1.83 bits per heavy atom. The van der Waals surface area contributed by atoms with Crippen molar-refractivity contribution in [2.75, 3.05) is 11.6 Å². The predicted octanol–water partition coefficient (Wildman–Crippen LogP) is 2.93. The molecule has 1 unspecified atom stereocenters. The lowest BCUT2D eigenvalue weighted by Crippen LogP contribution is -2.32. The van der Waals surface area contributed by atoms with Gasteiger partial charge in [-0.1, -0.05) is 44.2 Å². The van der Waals surface area contributed by atoms with Crippen molar-refractivity contribution in [3.8, 4) is 0 Å². The molecular formula is C13H20ClNO2S. The summed E-state index contributed by atoms with van der Waals surface area (Å²) in [5.41, 5.74) is 0.889. The number of alkyl halides is 1. The lowest BCUT2D eigenvalue weighted by Gasteiger charge is -2.17. The zero-order chi connectivity index (χ0) is 13.6. The Morgan fingerprint density at radius 3 is 2.33 bits per heavy atom. The predicted molar refractivity (Wildman–Crippen MR) is 76.3 cm³/mol. The molecule has 1 aromatic carbocycles. The van der Waals surface area contributed by atoms with Crippen molar-refractivity contribution in [2.24, 2.45) is 5.92 Å². The molecule has 0 heterocycles. The van der Waals surface area contributed by atoms with Gasteiger partial charge in [-0.05, 0) is 17.9 Å². The van der Waals surface area contributed by atoms with Crippen LogP contribution in [0.15, 0.2) is 30.3 Å². The van der Waals surface area contributed by atoms with Crippen LogP contribution in [0.1, 0.15) is 31.9 Å². The van der Waals surface area contributed by atoms with Crippen LogP contribution < -0.4 is 4.72 Å². The van der Waals surface area contributed by atoms with Gasteiger partial charge in [0.15, 0.2) is 0 Å². The van der Waals surface area contributed by atoms with Gasteiger partial charge in [0.1, 0.15) is 0 Å². The Balaban J connectivity index is 2.69. The van der Waals surface area contributed by atoms with Gasteiger partial charge in [-0.15, -0.1) is 11.6 Å². The first-order valence-corrected chi connectivity index (χ1v) is 8.24. The van der Waals surface area contributed by atoms with Crippen molar-refractivity contribution in [3.05, 3.63) is 35.9 Å². The maximum absolute atomic E-state index is 11.9. The summed E-state index contributed by atoms with van der Waals surface area (Å²) in [4.78, 5) is 0. The quantitative estimate of drug-likeness (QED) is 0.785. The minimum absolute atomic E-state index is 0.144. The first kappa shape index (κ1) is 15.5. The summed E-state index contributed by atoms with van der Waals surface area (Å²) in [5, 5.41) is 0. The van der Waals surface area contributed by atoms with E-state index in [1.165, 1.54) is 0 Å². The second-order valence-electron chi connectivity index (χ2n) is 4.74. The molecule has 5 heteroatoms. The molecule has 102 valence electrons. The summed E-state index contributed by atoms with van der Waals surface area (Å²) in [5.74, 6) is 0.739. The van der Waals surface area contributed by atoms with Gasteiger partial charge < -0.3 is 0 Å². The van der Waals surface area contributed by atoms with Crippen LogP contribution in [0, 0.1) is 5.92 Å². The molecule has 1 aromatic rings. The second kappa shape index (κ2) is 7.12. The highest BCUT2D eigenvalue weighted by Gasteiger charge is 2.18. The van der Waals surface area contributed by atoms with Gasteiger partial charge in [0.2, 0.25) is 10.0 Å². The van der Waals surface area contributed by atoms with E-state index in [-0.39, 0.29) is 17.7 Å². The minimum Gasteiger partial charge on any atom is -0.212 e. The van der Waals surface area contributed by atoms with Gasteiger partial charge in [-0.2, -0.15) is 0 Å². The average Bonchev–Trinajstić information content (AvgIpc) is 2.35. The molecule has 0 radical (unpaired) electrons. The van der Waals surface area contributed by atoms with Gasteiger partial charge >= 0.3 is 0 Å².